The summed E-state index contributed by atoms with van der Waals surface area (Å²) >= 11 is 0. The summed E-state index contributed by atoms with van der Waals surface area (Å²) < 4.78 is 0. The van der Waals surface area contributed by atoms with Gasteiger partial charge in [-0.3, -0.25) is 10.7 Å². The Bertz CT molecular complexity index is 134. The second-order valence-electron chi connectivity index (χ2n) is 2.51. The van der Waals surface area contributed by atoms with Crippen LogP contribution in [0.2, 0.25) is 0 Å². The summed E-state index contributed by atoms with van der Waals surface area (Å²) in [6.07, 6.45) is 1.28. The summed E-state index contributed by atoms with van der Waals surface area (Å²) in [4.78, 5) is 10.7. The Morgan fingerprint density at radius 1 is 1.64 bits per heavy atom. The minimum atomic E-state index is -0.117. The summed E-state index contributed by atoms with van der Waals surface area (Å²) in [5.74, 6) is 1.07. The van der Waals surface area contributed by atoms with Gasteiger partial charge in [0, 0.05) is 0 Å². The third-order valence-corrected chi connectivity index (χ3v) is 1.41. The van der Waals surface area contributed by atoms with E-state index in [1.54, 1.807) is 0 Å². The molecule has 0 rings (SSSR count). The molecule has 0 aromatic heterocycles. The summed E-state index contributed by atoms with van der Waals surface area (Å²) in [6, 6.07) is 0.144. The topological polar surface area (TPSA) is 29.1 Å². The van der Waals surface area contributed by atoms with Gasteiger partial charge in [0.2, 0.25) is 5.91 Å². The van der Waals surface area contributed by atoms with Crippen molar-refractivity contribution in [2.24, 2.45) is 0 Å². The summed E-state index contributed by atoms with van der Waals surface area (Å²) in [6.45, 7) is 9.25. The van der Waals surface area contributed by atoms with Crippen LogP contribution in [0.3, 0.4) is 0 Å². The first-order valence-corrected chi connectivity index (χ1v) is 3.31. The molecule has 3 heteroatoms. The number of amides is 1. The molecule has 1 atom stereocenters. The molecule has 1 unspecified atom stereocenters. The van der Waals surface area contributed by atoms with Crippen molar-refractivity contribution in [1.29, 1.82) is 0 Å². The van der Waals surface area contributed by atoms with Crippen LogP contribution in [-0.2, 0) is 4.79 Å². The van der Waals surface area contributed by atoms with Crippen LogP contribution < -0.4 is 56.7 Å². The first-order valence-electron chi connectivity index (χ1n) is 3.31. The largest absolute Gasteiger partial charge is 1.00 e. The van der Waals surface area contributed by atoms with E-state index in [1.165, 1.54) is 12.0 Å². The molecule has 1 amide bonds. The van der Waals surface area contributed by atoms with Crippen LogP contribution in [0, 0.1) is 5.92 Å². The Hall–Kier alpha value is 0.846. The standard InChI is InChI=1S/C8H14NO.K/c1-5-8(10)9-7(4)6(2)3;/h5,7H,1H2,2-4H3,(H,9,10);/q-1;+1. The summed E-state index contributed by atoms with van der Waals surface area (Å²) in [5, 5.41) is 2.73. The zero-order chi connectivity index (χ0) is 8.15. The van der Waals surface area contributed by atoms with Crippen molar-refractivity contribution in [2.75, 3.05) is 0 Å². The summed E-state index contributed by atoms with van der Waals surface area (Å²) in [7, 11) is 0. The molecule has 0 aromatic carbocycles. The zero-order valence-corrected chi connectivity index (χ0v) is 10.9. The third kappa shape index (κ3) is 7.22. The average Bonchev–Trinajstić information content (AvgIpc) is 1.87. The van der Waals surface area contributed by atoms with Crippen LogP contribution in [0.1, 0.15) is 20.8 Å². The number of hydrogen-bond donors (Lipinski definition) is 1. The molecule has 0 spiro atoms. The Morgan fingerprint density at radius 2 is 2.09 bits per heavy atom. The van der Waals surface area contributed by atoms with Gasteiger partial charge in [0.1, 0.15) is 0 Å². The van der Waals surface area contributed by atoms with Gasteiger partial charge in [0.15, 0.2) is 0 Å². The van der Waals surface area contributed by atoms with Crippen LogP contribution in [0.4, 0.5) is 0 Å². The molecule has 0 aromatic rings. The Morgan fingerprint density at radius 3 is 2.36 bits per heavy atom. The first kappa shape index (κ1) is 14.4. The maximum Gasteiger partial charge on any atom is 1.00 e. The second kappa shape index (κ2) is 7.49. The molecule has 0 fully saturated rings. The first-order chi connectivity index (χ1) is 4.57. The minimum absolute atomic E-state index is 0. The van der Waals surface area contributed by atoms with Crippen LogP contribution in [-0.4, -0.2) is 11.9 Å². The molecule has 1 N–H and O–H groups in total. The predicted molar refractivity (Wildman–Crippen MR) is 42.4 cm³/mol. The van der Waals surface area contributed by atoms with Crippen LogP contribution >= 0.6 is 0 Å². The van der Waals surface area contributed by atoms with Gasteiger partial charge < -0.3 is 5.32 Å². The Balaban J connectivity index is 0. The Labute approximate surface area is 111 Å². The smallest absolute Gasteiger partial charge is 0.380 e. The van der Waals surface area contributed by atoms with Crippen LogP contribution in [0.15, 0.2) is 12.7 Å². The molecule has 0 radical (unpaired) electrons. The number of hydrogen-bond acceptors (Lipinski definition) is 1. The predicted octanol–water partition coefficient (Wildman–Crippen LogP) is -1.70. The fraction of sp³-hybridized carbons (Fsp3) is 0.500. The van der Waals surface area contributed by atoms with Gasteiger partial charge in [-0.1, -0.05) is 19.5 Å². The number of nitrogens with one attached hydrogen (secondary N) is 1. The maximum atomic E-state index is 10.7. The number of carbonyl (C=O) groups excluding carboxylic acids is 1. The van der Waals surface area contributed by atoms with E-state index in [1.807, 2.05) is 20.8 Å². The van der Waals surface area contributed by atoms with E-state index >= 15 is 0 Å². The fourth-order valence-corrected chi connectivity index (χ4v) is 0.417. The molecule has 0 aliphatic heterocycles. The van der Waals surface area contributed by atoms with E-state index in [0.29, 0.717) is 0 Å². The van der Waals surface area contributed by atoms with E-state index in [2.05, 4.69) is 11.9 Å². The summed E-state index contributed by atoms with van der Waals surface area (Å²) in [5.41, 5.74) is 0. The van der Waals surface area contributed by atoms with Gasteiger partial charge in [-0.2, -0.15) is 13.8 Å². The quantitative estimate of drug-likeness (QED) is 0.312. The van der Waals surface area contributed by atoms with Crippen LogP contribution in [0.5, 0.6) is 0 Å². The van der Waals surface area contributed by atoms with E-state index in [-0.39, 0.29) is 63.3 Å². The number of carbonyl (C=O) groups is 1. The second-order valence-corrected chi connectivity index (χ2v) is 2.51. The number of rotatable bonds is 3. The van der Waals surface area contributed by atoms with Crippen molar-refractivity contribution in [3.63, 3.8) is 0 Å². The van der Waals surface area contributed by atoms with Gasteiger partial charge in [0.25, 0.3) is 0 Å². The normalized spacial score (nSPS) is 11.6. The van der Waals surface area contributed by atoms with Crippen molar-refractivity contribution in [1.82, 2.24) is 5.32 Å². The Kier molecular flexibility index (Phi) is 9.79. The van der Waals surface area contributed by atoms with Crippen molar-refractivity contribution in [3.05, 3.63) is 18.6 Å². The zero-order valence-electron chi connectivity index (χ0n) is 7.77. The fourth-order valence-electron chi connectivity index (χ4n) is 0.417. The molecule has 11 heavy (non-hydrogen) atoms. The van der Waals surface area contributed by atoms with Gasteiger partial charge in [-0.05, 0) is 6.08 Å². The monoisotopic (exact) mass is 179 g/mol. The van der Waals surface area contributed by atoms with Gasteiger partial charge in [-0.15, -0.1) is 0 Å². The van der Waals surface area contributed by atoms with E-state index in [0.717, 1.165) is 0 Å². The molecule has 0 saturated carbocycles. The molecule has 0 aliphatic rings. The molecule has 0 aliphatic carbocycles. The van der Waals surface area contributed by atoms with Crippen molar-refractivity contribution in [2.45, 2.75) is 26.8 Å². The van der Waals surface area contributed by atoms with Gasteiger partial charge in [-0.25, -0.2) is 0 Å². The van der Waals surface area contributed by atoms with Crippen molar-refractivity contribution in [3.8, 4) is 0 Å². The molecule has 58 valence electrons. The molecule has 0 bridgehead atoms. The minimum Gasteiger partial charge on any atom is -0.380 e. The molecule has 0 heterocycles. The van der Waals surface area contributed by atoms with Crippen molar-refractivity contribution < 1.29 is 56.2 Å². The van der Waals surface area contributed by atoms with Crippen LogP contribution in [0.25, 0.3) is 0 Å². The molecular formula is C8H14KNO. The van der Waals surface area contributed by atoms with E-state index < -0.39 is 0 Å². The molecular weight excluding hydrogens is 165 g/mol. The average molecular weight is 179 g/mol. The maximum absolute atomic E-state index is 10.7. The van der Waals surface area contributed by atoms with E-state index in [4.69, 9.17) is 0 Å². The van der Waals surface area contributed by atoms with E-state index in [9.17, 15) is 4.79 Å². The molecule has 0 saturated heterocycles. The van der Waals surface area contributed by atoms with Gasteiger partial charge >= 0.3 is 51.4 Å². The SMILES string of the molecule is C=CC(=O)NC(C)[C-](C)C.[K+]. The van der Waals surface area contributed by atoms with Crippen molar-refractivity contribution >= 4 is 5.91 Å². The van der Waals surface area contributed by atoms with Gasteiger partial charge in [0.05, 0.1) is 0 Å². The third-order valence-electron chi connectivity index (χ3n) is 1.41. The molecule has 2 nitrogen and oxygen atoms in total.